The van der Waals surface area contributed by atoms with Gasteiger partial charge in [-0.2, -0.15) is 0 Å². The maximum atomic E-state index is 10.5. The van der Waals surface area contributed by atoms with Crippen LogP contribution in [0.3, 0.4) is 0 Å². The fourth-order valence-corrected chi connectivity index (χ4v) is 1.88. The minimum Gasteiger partial charge on any atom is -0.508 e. The summed E-state index contributed by atoms with van der Waals surface area (Å²) in [5, 5.41) is 20.0. The second-order valence-electron chi connectivity index (χ2n) is 4.53. The van der Waals surface area contributed by atoms with Crippen molar-refractivity contribution in [2.45, 2.75) is 13.3 Å². The molecule has 0 heterocycles. The molecule has 0 spiro atoms. The topological polar surface area (TPSA) is 72.6 Å². The van der Waals surface area contributed by atoms with Crippen molar-refractivity contribution in [3.63, 3.8) is 0 Å². The standard InChI is InChI=1S/C15H15NO4/c1-11-8-14(17)10-15(9-11)20-7-6-12-2-4-13(5-3-12)16(18)19/h2-5,8-10,17H,6-7H2,1H3. The molecule has 1 N–H and O–H groups in total. The highest BCUT2D eigenvalue weighted by atomic mass is 16.6. The molecule has 0 fully saturated rings. The lowest BCUT2D eigenvalue weighted by molar-refractivity contribution is -0.384. The van der Waals surface area contributed by atoms with Gasteiger partial charge in [-0.05, 0) is 30.2 Å². The van der Waals surface area contributed by atoms with Crippen molar-refractivity contribution >= 4 is 5.69 Å². The summed E-state index contributed by atoms with van der Waals surface area (Å²) in [4.78, 5) is 10.1. The van der Waals surface area contributed by atoms with Crippen LogP contribution in [0.5, 0.6) is 11.5 Å². The van der Waals surface area contributed by atoms with Crippen molar-refractivity contribution in [3.8, 4) is 11.5 Å². The molecule has 0 saturated carbocycles. The Morgan fingerprint density at radius 2 is 1.90 bits per heavy atom. The molecule has 104 valence electrons. The van der Waals surface area contributed by atoms with Gasteiger partial charge in [-0.1, -0.05) is 12.1 Å². The Morgan fingerprint density at radius 1 is 1.20 bits per heavy atom. The van der Waals surface area contributed by atoms with Gasteiger partial charge in [0.1, 0.15) is 11.5 Å². The fourth-order valence-electron chi connectivity index (χ4n) is 1.88. The summed E-state index contributed by atoms with van der Waals surface area (Å²) < 4.78 is 5.56. The highest BCUT2D eigenvalue weighted by molar-refractivity contribution is 5.37. The second kappa shape index (κ2) is 6.06. The number of hydrogen-bond donors (Lipinski definition) is 1. The number of aryl methyl sites for hydroxylation is 1. The van der Waals surface area contributed by atoms with E-state index in [2.05, 4.69) is 0 Å². The van der Waals surface area contributed by atoms with Crippen molar-refractivity contribution in [3.05, 3.63) is 63.7 Å². The monoisotopic (exact) mass is 273 g/mol. The summed E-state index contributed by atoms with van der Waals surface area (Å²) >= 11 is 0. The number of benzene rings is 2. The maximum absolute atomic E-state index is 10.5. The third kappa shape index (κ3) is 3.71. The van der Waals surface area contributed by atoms with E-state index in [0.29, 0.717) is 18.8 Å². The smallest absolute Gasteiger partial charge is 0.269 e. The van der Waals surface area contributed by atoms with E-state index in [1.165, 1.54) is 12.1 Å². The summed E-state index contributed by atoms with van der Waals surface area (Å²) in [6.07, 6.45) is 0.646. The van der Waals surface area contributed by atoms with Crippen molar-refractivity contribution < 1.29 is 14.8 Å². The molecule has 0 bridgehead atoms. The molecule has 0 aliphatic rings. The molecule has 0 aliphatic heterocycles. The number of ether oxygens (including phenoxy) is 1. The Morgan fingerprint density at radius 3 is 2.50 bits per heavy atom. The molecular formula is C15H15NO4. The minimum atomic E-state index is -0.421. The highest BCUT2D eigenvalue weighted by Gasteiger charge is 2.04. The van der Waals surface area contributed by atoms with Crippen LogP contribution in [0.4, 0.5) is 5.69 Å². The van der Waals surface area contributed by atoms with Gasteiger partial charge in [-0.15, -0.1) is 0 Å². The number of phenolic OH excluding ortho intramolecular Hbond substituents is 1. The number of hydrogen-bond acceptors (Lipinski definition) is 4. The summed E-state index contributed by atoms with van der Waals surface area (Å²) in [6, 6.07) is 11.5. The molecule has 0 amide bonds. The van der Waals surface area contributed by atoms with Crippen molar-refractivity contribution in [1.82, 2.24) is 0 Å². The molecular weight excluding hydrogens is 258 g/mol. The lowest BCUT2D eigenvalue weighted by Gasteiger charge is -2.07. The number of nitro benzene ring substituents is 1. The predicted octanol–water partition coefficient (Wildman–Crippen LogP) is 3.23. The number of nitrogens with zero attached hydrogens (tertiary/aromatic N) is 1. The molecule has 0 aliphatic carbocycles. The van der Waals surface area contributed by atoms with Crippen LogP contribution in [0.15, 0.2) is 42.5 Å². The average molecular weight is 273 g/mol. The molecule has 0 aromatic heterocycles. The van der Waals surface area contributed by atoms with E-state index in [0.717, 1.165) is 11.1 Å². The van der Waals surface area contributed by atoms with E-state index in [-0.39, 0.29) is 11.4 Å². The molecule has 0 atom stereocenters. The van der Waals surface area contributed by atoms with Gasteiger partial charge in [0.25, 0.3) is 5.69 Å². The van der Waals surface area contributed by atoms with E-state index >= 15 is 0 Å². The summed E-state index contributed by atoms with van der Waals surface area (Å²) in [5.41, 5.74) is 1.97. The van der Waals surface area contributed by atoms with Gasteiger partial charge in [0, 0.05) is 24.6 Å². The molecule has 0 unspecified atom stereocenters. The average Bonchev–Trinajstić information content (AvgIpc) is 2.38. The summed E-state index contributed by atoms with van der Waals surface area (Å²) in [6.45, 7) is 2.32. The molecule has 20 heavy (non-hydrogen) atoms. The zero-order valence-electron chi connectivity index (χ0n) is 11.1. The Labute approximate surface area is 116 Å². The quantitative estimate of drug-likeness (QED) is 0.670. The van der Waals surface area contributed by atoms with E-state index in [9.17, 15) is 15.2 Å². The number of rotatable bonds is 5. The zero-order valence-corrected chi connectivity index (χ0v) is 11.1. The number of non-ortho nitro benzene ring substituents is 1. The molecule has 0 radical (unpaired) electrons. The highest BCUT2D eigenvalue weighted by Crippen LogP contribution is 2.21. The normalized spacial score (nSPS) is 10.2. The van der Waals surface area contributed by atoms with E-state index in [1.54, 1.807) is 24.3 Å². The molecule has 5 nitrogen and oxygen atoms in total. The van der Waals surface area contributed by atoms with Crippen molar-refractivity contribution in [1.29, 1.82) is 0 Å². The zero-order chi connectivity index (χ0) is 14.5. The summed E-state index contributed by atoms with van der Waals surface area (Å²) in [5.74, 6) is 0.791. The van der Waals surface area contributed by atoms with Gasteiger partial charge in [-0.3, -0.25) is 10.1 Å². The molecule has 2 rings (SSSR count). The van der Waals surface area contributed by atoms with Crippen LogP contribution >= 0.6 is 0 Å². The van der Waals surface area contributed by atoms with Crippen LogP contribution in [-0.2, 0) is 6.42 Å². The molecule has 2 aromatic rings. The van der Waals surface area contributed by atoms with Gasteiger partial charge in [0.05, 0.1) is 11.5 Å². The summed E-state index contributed by atoms with van der Waals surface area (Å²) in [7, 11) is 0. The van der Waals surface area contributed by atoms with Gasteiger partial charge < -0.3 is 9.84 Å². The van der Waals surface area contributed by atoms with Gasteiger partial charge >= 0.3 is 0 Å². The second-order valence-corrected chi connectivity index (χ2v) is 4.53. The first-order valence-corrected chi connectivity index (χ1v) is 6.21. The van der Waals surface area contributed by atoms with E-state index < -0.39 is 4.92 Å². The van der Waals surface area contributed by atoms with Crippen LogP contribution in [0.25, 0.3) is 0 Å². The fraction of sp³-hybridized carbons (Fsp3) is 0.200. The SMILES string of the molecule is Cc1cc(O)cc(OCCc2ccc([N+](=O)[O-])cc2)c1. The van der Waals surface area contributed by atoms with Gasteiger partial charge in [-0.25, -0.2) is 0 Å². The Kier molecular flexibility index (Phi) is 4.20. The first-order valence-electron chi connectivity index (χ1n) is 6.21. The number of nitro groups is 1. The Hall–Kier alpha value is -2.56. The third-order valence-corrected chi connectivity index (χ3v) is 2.84. The van der Waals surface area contributed by atoms with E-state index in [1.807, 2.05) is 13.0 Å². The van der Waals surface area contributed by atoms with Gasteiger partial charge in [0.15, 0.2) is 0 Å². The van der Waals surface area contributed by atoms with Crippen LogP contribution < -0.4 is 4.74 Å². The van der Waals surface area contributed by atoms with Crippen LogP contribution in [0.1, 0.15) is 11.1 Å². The Bertz CT molecular complexity index is 588. The van der Waals surface area contributed by atoms with Crippen molar-refractivity contribution in [2.75, 3.05) is 6.61 Å². The van der Waals surface area contributed by atoms with Crippen molar-refractivity contribution in [2.24, 2.45) is 0 Å². The third-order valence-electron chi connectivity index (χ3n) is 2.84. The molecule has 5 heteroatoms. The first kappa shape index (κ1) is 13.9. The predicted molar refractivity (Wildman–Crippen MR) is 75.1 cm³/mol. The number of aromatic hydroxyl groups is 1. The molecule has 0 saturated heterocycles. The van der Waals surface area contributed by atoms with Crippen LogP contribution in [0.2, 0.25) is 0 Å². The molecule has 2 aromatic carbocycles. The van der Waals surface area contributed by atoms with E-state index in [4.69, 9.17) is 4.74 Å². The van der Waals surface area contributed by atoms with Crippen LogP contribution in [-0.4, -0.2) is 16.6 Å². The van der Waals surface area contributed by atoms with Crippen LogP contribution in [0, 0.1) is 17.0 Å². The Balaban J connectivity index is 1.90. The minimum absolute atomic E-state index is 0.0817. The lowest BCUT2D eigenvalue weighted by atomic mass is 10.1. The first-order chi connectivity index (χ1) is 9.54. The number of phenols is 1. The maximum Gasteiger partial charge on any atom is 0.269 e. The lowest BCUT2D eigenvalue weighted by Crippen LogP contribution is -2.01. The largest absolute Gasteiger partial charge is 0.508 e. The van der Waals surface area contributed by atoms with Gasteiger partial charge in [0.2, 0.25) is 0 Å².